The zero-order chi connectivity index (χ0) is 14.1. The van der Waals surface area contributed by atoms with Crippen LogP contribution < -0.4 is 16.0 Å². The van der Waals surface area contributed by atoms with Crippen LogP contribution in [-0.4, -0.2) is 30.0 Å². The van der Waals surface area contributed by atoms with Crippen molar-refractivity contribution in [1.82, 2.24) is 10.3 Å². The number of hydrogen-bond acceptors (Lipinski definition) is 4. The third-order valence-corrected chi connectivity index (χ3v) is 3.62. The second-order valence-electron chi connectivity index (χ2n) is 5.25. The van der Waals surface area contributed by atoms with Crippen LogP contribution in [0.15, 0.2) is 30.3 Å². The minimum absolute atomic E-state index is 0.0267. The van der Waals surface area contributed by atoms with Crippen molar-refractivity contribution >= 4 is 28.3 Å². The number of carbonyl (C=O) groups is 1. The lowest BCUT2D eigenvalue weighted by Crippen LogP contribution is -2.35. The van der Waals surface area contributed by atoms with E-state index in [0.717, 1.165) is 41.9 Å². The third kappa shape index (κ3) is 2.52. The molecular formula is C15H18N4O. The van der Waals surface area contributed by atoms with Gasteiger partial charge in [0, 0.05) is 37.1 Å². The molecule has 104 valence electrons. The van der Waals surface area contributed by atoms with E-state index in [2.05, 4.69) is 15.2 Å². The van der Waals surface area contributed by atoms with Crippen LogP contribution in [0.2, 0.25) is 0 Å². The molecular weight excluding hydrogens is 252 g/mol. The first-order valence-corrected chi connectivity index (χ1v) is 6.80. The van der Waals surface area contributed by atoms with E-state index in [1.54, 1.807) is 6.92 Å². The fourth-order valence-electron chi connectivity index (χ4n) is 2.68. The maximum atomic E-state index is 11.1. The molecule has 1 aliphatic rings. The largest absolute Gasteiger partial charge is 0.399 e. The van der Waals surface area contributed by atoms with Gasteiger partial charge in [-0.3, -0.25) is 4.79 Å². The SMILES string of the molecule is CC(=O)NC1CCN(c2ccc3cc(N)ccc3n2)C1. The zero-order valence-corrected chi connectivity index (χ0v) is 11.5. The summed E-state index contributed by atoms with van der Waals surface area (Å²) in [6.07, 6.45) is 0.959. The van der Waals surface area contributed by atoms with Crippen LogP contribution in [0.5, 0.6) is 0 Å². The fraction of sp³-hybridized carbons (Fsp3) is 0.333. The Labute approximate surface area is 117 Å². The Hall–Kier alpha value is -2.30. The molecule has 3 rings (SSSR count). The molecule has 1 fully saturated rings. The van der Waals surface area contributed by atoms with Crippen molar-refractivity contribution in [3.05, 3.63) is 30.3 Å². The number of nitrogens with two attached hydrogens (primary N) is 1. The summed E-state index contributed by atoms with van der Waals surface area (Å²) in [6, 6.07) is 10.0. The van der Waals surface area contributed by atoms with Crippen LogP contribution in [0.3, 0.4) is 0 Å². The van der Waals surface area contributed by atoms with Crippen LogP contribution >= 0.6 is 0 Å². The van der Waals surface area contributed by atoms with Gasteiger partial charge in [0.2, 0.25) is 5.91 Å². The number of nitrogens with zero attached hydrogens (tertiary/aromatic N) is 2. The number of carbonyl (C=O) groups excluding carboxylic acids is 1. The number of benzene rings is 1. The molecule has 1 aliphatic heterocycles. The molecule has 1 atom stereocenters. The van der Waals surface area contributed by atoms with Gasteiger partial charge < -0.3 is 16.0 Å². The molecule has 2 aromatic rings. The summed E-state index contributed by atoms with van der Waals surface area (Å²) >= 11 is 0. The summed E-state index contributed by atoms with van der Waals surface area (Å²) in [5.74, 6) is 0.980. The Balaban J connectivity index is 1.81. The van der Waals surface area contributed by atoms with Gasteiger partial charge in [0.15, 0.2) is 0 Å². The molecule has 0 saturated carbocycles. The fourth-order valence-corrected chi connectivity index (χ4v) is 2.68. The van der Waals surface area contributed by atoms with Gasteiger partial charge in [-0.05, 0) is 36.8 Å². The number of nitrogen functional groups attached to an aromatic ring is 1. The molecule has 0 spiro atoms. The van der Waals surface area contributed by atoms with Crippen LogP contribution in [0.1, 0.15) is 13.3 Å². The van der Waals surface area contributed by atoms with Crippen LogP contribution in [0, 0.1) is 0 Å². The Morgan fingerprint density at radius 3 is 3.05 bits per heavy atom. The highest BCUT2D eigenvalue weighted by Crippen LogP contribution is 2.23. The van der Waals surface area contributed by atoms with Crippen molar-refractivity contribution in [3.63, 3.8) is 0 Å². The lowest BCUT2D eigenvalue weighted by atomic mass is 10.2. The van der Waals surface area contributed by atoms with Gasteiger partial charge in [-0.25, -0.2) is 4.98 Å². The highest BCUT2D eigenvalue weighted by atomic mass is 16.1. The zero-order valence-electron chi connectivity index (χ0n) is 11.5. The van der Waals surface area contributed by atoms with Gasteiger partial charge >= 0.3 is 0 Å². The van der Waals surface area contributed by atoms with Crippen molar-refractivity contribution in [2.24, 2.45) is 0 Å². The molecule has 0 bridgehead atoms. The number of nitrogens with one attached hydrogen (secondary N) is 1. The smallest absolute Gasteiger partial charge is 0.217 e. The molecule has 5 heteroatoms. The van der Waals surface area contributed by atoms with Gasteiger partial charge in [0.05, 0.1) is 5.52 Å². The highest BCUT2D eigenvalue weighted by Gasteiger charge is 2.23. The van der Waals surface area contributed by atoms with E-state index in [1.165, 1.54) is 0 Å². The Morgan fingerprint density at radius 2 is 2.25 bits per heavy atom. The van der Waals surface area contributed by atoms with Gasteiger partial charge in [0.1, 0.15) is 5.82 Å². The van der Waals surface area contributed by atoms with E-state index in [9.17, 15) is 4.79 Å². The number of pyridine rings is 1. The number of amides is 1. The molecule has 5 nitrogen and oxygen atoms in total. The minimum Gasteiger partial charge on any atom is -0.399 e. The van der Waals surface area contributed by atoms with E-state index < -0.39 is 0 Å². The Kier molecular flexibility index (Phi) is 3.18. The van der Waals surface area contributed by atoms with Crippen LogP contribution in [0.25, 0.3) is 10.9 Å². The van der Waals surface area contributed by atoms with Gasteiger partial charge in [-0.1, -0.05) is 0 Å². The average Bonchev–Trinajstić information content (AvgIpc) is 2.85. The molecule has 1 aromatic heterocycles. The summed E-state index contributed by atoms with van der Waals surface area (Å²) in [4.78, 5) is 18.0. The van der Waals surface area contributed by atoms with Crippen LogP contribution in [-0.2, 0) is 4.79 Å². The van der Waals surface area contributed by atoms with E-state index in [0.29, 0.717) is 0 Å². The molecule has 1 aromatic carbocycles. The van der Waals surface area contributed by atoms with Crippen molar-refractivity contribution in [1.29, 1.82) is 0 Å². The monoisotopic (exact) mass is 270 g/mol. The molecule has 2 heterocycles. The number of fused-ring (bicyclic) bond motifs is 1. The van der Waals surface area contributed by atoms with E-state index in [1.807, 2.05) is 30.3 Å². The van der Waals surface area contributed by atoms with E-state index in [4.69, 9.17) is 5.73 Å². The van der Waals surface area contributed by atoms with Gasteiger partial charge in [-0.2, -0.15) is 0 Å². The summed E-state index contributed by atoms with van der Waals surface area (Å²) in [6.45, 7) is 3.28. The molecule has 0 radical (unpaired) electrons. The molecule has 20 heavy (non-hydrogen) atoms. The van der Waals surface area contributed by atoms with Gasteiger partial charge in [-0.15, -0.1) is 0 Å². The summed E-state index contributed by atoms with van der Waals surface area (Å²) in [7, 11) is 0. The summed E-state index contributed by atoms with van der Waals surface area (Å²) in [5, 5.41) is 4.01. The third-order valence-electron chi connectivity index (χ3n) is 3.62. The predicted octanol–water partition coefficient (Wildman–Crippen LogP) is 1.53. The molecule has 1 amide bonds. The highest BCUT2D eigenvalue weighted by molar-refractivity contribution is 5.83. The second-order valence-corrected chi connectivity index (χ2v) is 5.25. The first kappa shape index (κ1) is 12.7. The predicted molar refractivity (Wildman–Crippen MR) is 80.6 cm³/mol. The van der Waals surface area contributed by atoms with Gasteiger partial charge in [0.25, 0.3) is 0 Å². The lowest BCUT2D eigenvalue weighted by molar-refractivity contribution is -0.119. The quantitative estimate of drug-likeness (QED) is 0.812. The number of rotatable bonds is 2. The Morgan fingerprint density at radius 1 is 1.40 bits per heavy atom. The van der Waals surface area contributed by atoms with E-state index >= 15 is 0 Å². The molecule has 1 saturated heterocycles. The van der Waals surface area contributed by atoms with Crippen LogP contribution in [0.4, 0.5) is 11.5 Å². The topological polar surface area (TPSA) is 71.2 Å². The molecule has 1 unspecified atom stereocenters. The molecule has 0 aliphatic carbocycles. The second kappa shape index (κ2) is 5.00. The Bertz CT molecular complexity index is 655. The first-order valence-electron chi connectivity index (χ1n) is 6.80. The van der Waals surface area contributed by atoms with Crippen molar-refractivity contribution < 1.29 is 4.79 Å². The summed E-state index contributed by atoms with van der Waals surface area (Å²) in [5.41, 5.74) is 7.46. The van der Waals surface area contributed by atoms with Crippen molar-refractivity contribution in [2.75, 3.05) is 23.7 Å². The maximum absolute atomic E-state index is 11.1. The van der Waals surface area contributed by atoms with Crippen molar-refractivity contribution in [3.8, 4) is 0 Å². The molecule has 3 N–H and O–H groups in total. The number of hydrogen-bond donors (Lipinski definition) is 2. The maximum Gasteiger partial charge on any atom is 0.217 e. The number of aromatic nitrogens is 1. The lowest BCUT2D eigenvalue weighted by Gasteiger charge is -2.18. The normalized spacial score (nSPS) is 18.4. The van der Waals surface area contributed by atoms with E-state index in [-0.39, 0.29) is 11.9 Å². The number of anilines is 2. The minimum atomic E-state index is 0.0267. The standard InChI is InChI=1S/C15H18N4O/c1-10(20)17-13-6-7-19(9-13)15-5-2-11-8-12(16)3-4-14(11)18-15/h2-5,8,13H,6-7,9,16H2,1H3,(H,17,20). The average molecular weight is 270 g/mol. The summed E-state index contributed by atoms with van der Waals surface area (Å²) < 4.78 is 0. The first-order chi connectivity index (χ1) is 9.61. The van der Waals surface area contributed by atoms with Crippen molar-refractivity contribution in [2.45, 2.75) is 19.4 Å².